The third kappa shape index (κ3) is 8.13. The third-order valence-electron chi connectivity index (χ3n) is 3.51. The summed E-state index contributed by atoms with van der Waals surface area (Å²) in [5.74, 6) is 2.93. The molecule has 1 heterocycles. The third-order valence-corrected chi connectivity index (χ3v) is 4.21. The van der Waals surface area contributed by atoms with E-state index in [1.165, 1.54) is 12.2 Å². The van der Waals surface area contributed by atoms with Crippen LogP contribution in [0.4, 0.5) is 0 Å². The lowest BCUT2D eigenvalue weighted by molar-refractivity contribution is 0.732. The molecule has 0 fully saturated rings. The Hall–Kier alpha value is -1.22. The van der Waals surface area contributed by atoms with Crippen LogP contribution in [0.15, 0.2) is 41.5 Å². The molecule has 0 saturated carbocycles. The van der Waals surface area contributed by atoms with Gasteiger partial charge in [-0.1, -0.05) is 30.3 Å². The SMILES string of the molecule is CCNC(=NCc1ncc(-c2ccccc2)[nH]1)NCCCCSC.I. The second-order valence-electron chi connectivity index (χ2n) is 5.43. The fourth-order valence-corrected chi connectivity index (χ4v) is 2.77. The van der Waals surface area contributed by atoms with Gasteiger partial charge >= 0.3 is 0 Å². The molecular weight excluding hydrogens is 445 g/mol. The van der Waals surface area contributed by atoms with E-state index in [2.05, 4.69) is 50.9 Å². The Morgan fingerprint density at radius 3 is 2.72 bits per heavy atom. The summed E-state index contributed by atoms with van der Waals surface area (Å²) in [6.45, 7) is 4.40. The monoisotopic (exact) mass is 473 g/mol. The van der Waals surface area contributed by atoms with Crippen molar-refractivity contribution >= 4 is 41.7 Å². The number of benzene rings is 1. The van der Waals surface area contributed by atoms with Crippen molar-refractivity contribution in [3.63, 3.8) is 0 Å². The van der Waals surface area contributed by atoms with Gasteiger partial charge in [0.2, 0.25) is 0 Å². The summed E-state index contributed by atoms with van der Waals surface area (Å²) < 4.78 is 0. The quantitative estimate of drug-likeness (QED) is 0.224. The number of aromatic amines is 1. The van der Waals surface area contributed by atoms with E-state index in [0.717, 1.165) is 42.6 Å². The highest BCUT2D eigenvalue weighted by Crippen LogP contribution is 2.16. The van der Waals surface area contributed by atoms with E-state index in [4.69, 9.17) is 0 Å². The number of rotatable bonds is 9. The lowest BCUT2D eigenvalue weighted by atomic mass is 10.2. The predicted molar refractivity (Wildman–Crippen MR) is 120 cm³/mol. The second kappa shape index (κ2) is 13.0. The molecule has 5 nitrogen and oxygen atoms in total. The molecule has 0 aliphatic rings. The molecule has 0 unspecified atom stereocenters. The number of unbranched alkanes of at least 4 members (excludes halogenated alkanes) is 1. The van der Waals surface area contributed by atoms with Crippen LogP contribution >= 0.6 is 35.7 Å². The highest BCUT2D eigenvalue weighted by molar-refractivity contribution is 14.0. The van der Waals surface area contributed by atoms with Crippen molar-refractivity contribution in [1.29, 1.82) is 0 Å². The minimum Gasteiger partial charge on any atom is -0.357 e. The zero-order chi connectivity index (χ0) is 17.0. The molecule has 0 atom stereocenters. The maximum atomic E-state index is 4.60. The lowest BCUT2D eigenvalue weighted by Crippen LogP contribution is -2.37. The number of hydrogen-bond acceptors (Lipinski definition) is 3. The molecule has 0 radical (unpaired) electrons. The second-order valence-corrected chi connectivity index (χ2v) is 6.42. The number of guanidine groups is 1. The molecule has 7 heteroatoms. The summed E-state index contributed by atoms with van der Waals surface area (Å²) in [6.07, 6.45) is 6.39. The zero-order valence-electron chi connectivity index (χ0n) is 14.9. The molecule has 0 aliphatic carbocycles. The number of nitrogens with one attached hydrogen (secondary N) is 3. The molecule has 1 aromatic heterocycles. The van der Waals surface area contributed by atoms with Gasteiger partial charge in [-0.05, 0) is 37.3 Å². The van der Waals surface area contributed by atoms with Crippen molar-refractivity contribution in [2.45, 2.75) is 26.3 Å². The van der Waals surface area contributed by atoms with Gasteiger partial charge in [0.05, 0.1) is 11.9 Å². The number of thioether (sulfide) groups is 1. The van der Waals surface area contributed by atoms with E-state index >= 15 is 0 Å². The van der Waals surface area contributed by atoms with E-state index in [-0.39, 0.29) is 24.0 Å². The molecule has 2 aromatic rings. The van der Waals surface area contributed by atoms with Gasteiger partial charge in [0.25, 0.3) is 0 Å². The Kier molecular flexibility index (Phi) is 11.4. The Balaban J connectivity index is 0.00000312. The number of H-pyrrole nitrogens is 1. The maximum Gasteiger partial charge on any atom is 0.191 e. The molecule has 0 amide bonds. The minimum absolute atomic E-state index is 0. The lowest BCUT2D eigenvalue weighted by Gasteiger charge is -2.10. The predicted octanol–water partition coefficient (Wildman–Crippen LogP) is 3.89. The molecule has 3 N–H and O–H groups in total. The molecule has 0 bridgehead atoms. The first-order valence-electron chi connectivity index (χ1n) is 8.44. The van der Waals surface area contributed by atoms with E-state index in [1.54, 1.807) is 0 Å². The van der Waals surface area contributed by atoms with Crippen LogP contribution in [-0.4, -0.2) is 41.0 Å². The minimum atomic E-state index is 0. The Labute approximate surface area is 171 Å². The van der Waals surface area contributed by atoms with Crippen LogP contribution in [0.2, 0.25) is 0 Å². The molecule has 25 heavy (non-hydrogen) atoms. The summed E-state index contributed by atoms with van der Waals surface area (Å²) in [7, 11) is 0. The van der Waals surface area contributed by atoms with Crippen molar-refractivity contribution in [3.8, 4) is 11.3 Å². The van der Waals surface area contributed by atoms with Crippen LogP contribution in [0.1, 0.15) is 25.6 Å². The fraction of sp³-hybridized carbons (Fsp3) is 0.444. The van der Waals surface area contributed by atoms with Crippen LogP contribution < -0.4 is 10.6 Å². The summed E-state index contributed by atoms with van der Waals surface area (Å²) in [4.78, 5) is 12.4. The summed E-state index contributed by atoms with van der Waals surface area (Å²) in [5, 5.41) is 6.65. The number of imidazole rings is 1. The summed E-state index contributed by atoms with van der Waals surface area (Å²) in [5.41, 5.74) is 2.16. The molecule has 0 spiro atoms. The van der Waals surface area contributed by atoms with Gasteiger partial charge in [-0.25, -0.2) is 9.98 Å². The topological polar surface area (TPSA) is 65.1 Å². The normalized spacial score (nSPS) is 11.0. The Morgan fingerprint density at radius 2 is 2.00 bits per heavy atom. The van der Waals surface area contributed by atoms with Gasteiger partial charge in [0.1, 0.15) is 12.4 Å². The number of nitrogens with zero attached hydrogens (tertiary/aromatic N) is 2. The Bertz CT molecular complexity index is 615. The molecule has 138 valence electrons. The fourth-order valence-electron chi connectivity index (χ4n) is 2.28. The van der Waals surface area contributed by atoms with Gasteiger partial charge in [0, 0.05) is 13.1 Å². The summed E-state index contributed by atoms with van der Waals surface area (Å²) >= 11 is 1.89. The molecular formula is C18H28IN5S. The number of aromatic nitrogens is 2. The van der Waals surface area contributed by atoms with E-state index in [1.807, 2.05) is 36.2 Å². The van der Waals surface area contributed by atoms with Gasteiger partial charge in [-0.3, -0.25) is 0 Å². The largest absolute Gasteiger partial charge is 0.357 e. The number of halogens is 1. The standard InChI is InChI=1S/C18H27N5S.HI/c1-3-19-18(20-11-7-8-12-24-2)22-14-17-21-13-16(23-17)15-9-5-4-6-10-15;/h4-6,9-10,13H,3,7-8,11-12,14H2,1-2H3,(H,21,23)(H2,19,20,22);1H. The van der Waals surface area contributed by atoms with Crippen LogP contribution in [0.5, 0.6) is 0 Å². The number of hydrogen-bond donors (Lipinski definition) is 3. The first-order valence-corrected chi connectivity index (χ1v) is 9.83. The van der Waals surface area contributed by atoms with Crippen LogP contribution in [0.3, 0.4) is 0 Å². The van der Waals surface area contributed by atoms with Crippen LogP contribution in [0, 0.1) is 0 Å². The maximum absolute atomic E-state index is 4.60. The number of aliphatic imine (C=N–C) groups is 1. The van der Waals surface area contributed by atoms with E-state index in [0.29, 0.717) is 6.54 Å². The highest BCUT2D eigenvalue weighted by atomic mass is 127. The van der Waals surface area contributed by atoms with Gasteiger partial charge in [-0.2, -0.15) is 11.8 Å². The van der Waals surface area contributed by atoms with Crippen molar-refractivity contribution < 1.29 is 0 Å². The molecule has 0 saturated heterocycles. The zero-order valence-corrected chi connectivity index (χ0v) is 18.1. The van der Waals surface area contributed by atoms with E-state index in [9.17, 15) is 0 Å². The van der Waals surface area contributed by atoms with Crippen molar-refractivity contribution in [2.75, 3.05) is 25.1 Å². The smallest absolute Gasteiger partial charge is 0.191 e. The molecule has 1 aromatic carbocycles. The average Bonchev–Trinajstić information content (AvgIpc) is 3.09. The van der Waals surface area contributed by atoms with Crippen LogP contribution in [-0.2, 0) is 6.54 Å². The first kappa shape index (κ1) is 21.8. The average molecular weight is 473 g/mol. The Morgan fingerprint density at radius 1 is 1.20 bits per heavy atom. The van der Waals surface area contributed by atoms with Crippen molar-refractivity contribution in [1.82, 2.24) is 20.6 Å². The van der Waals surface area contributed by atoms with Gasteiger partial charge in [-0.15, -0.1) is 24.0 Å². The van der Waals surface area contributed by atoms with Gasteiger partial charge < -0.3 is 15.6 Å². The molecule has 2 rings (SSSR count). The van der Waals surface area contributed by atoms with E-state index < -0.39 is 0 Å². The van der Waals surface area contributed by atoms with Crippen LogP contribution in [0.25, 0.3) is 11.3 Å². The highest BCUT2D eigenvalue weighted by Gasteiger charge is 2.03. The first-order chi connectivity index (χ1) is 11.8. The molecule has 0 aliphatic heterocycles. The van der Waals surface area contributed by atoms with Crippen molar-refractivity contribution in [3.05, 3.63) is 42.4 Å². The van der Waals surface area contributed by atoms with Crippen molar-refractivity contribution in [2.24, 2.45) is 4.99 Å². The summed E-state index contributed by atoms with van der Waals surface area (Å²) in [6, 6.07) is 10.2. The van der Waals surface area contributed by atoms with Gasteiger partial charge in [0.15, 0.2) is 5.96 Å².